The van der Waals surface area contributed by atoms with Crippen LogP contribution in [-0.2, 0) is 9.53 Å². The number of phenols is 1. The Balaban J connectivity index is 2.72. The molecule has 1 atom stereocenters. The second kappa shape index (κ2) is 7.07. The summed E-state index contributed by atoms with van der Waals surface area (Å²) < 4.78 is 9.89. The Kier molecular flexibility index (Phi) is 5.11. The molecule has 1 aromatic rings. The molecule has 0 saturated carbocycles. The van der Waals surface area contributed by atoms with Crippen LogP contribution in [-0.4, -0.2) is 35.7 Å². The number of carbonyl (C=O) groups excluding carboxylic acids is 2. The van der Waals surface area contributed by atoms with Crippen LogP contribution in [0.15, 0.2) is 23.4 Å². The molecule has 134 valence electrons. The van der Waals surface area contributed by atoms with E-state index in [0.29, 0.717) is 0 Å². The monoisotopic (exact) mass is 351 g/mol. The zero-order valence-electron chi connectivity index (χ0n) is 13.8. The number of hydrogen-bond donors (Lipinski definition) is 3. The minimum Gasteiger partial charge on any atom is -0.504 e. The van der Waals surface area contributed by atoms with Crippen LogP contribution >= 0.6 is 0 Å². The van der Waals surface area contributed by atoms with Gasteiger partial charge in [-0.15, -0.1) is 0 Å². The van der Waals surface area contributed by atoms with Crippen LogP contribution in [0.5, 0.6) is 11.5 Å². The number of aromatic hydroxyl groups is 1. The molecule has 2 rings (SSSR count). The maximum Gasteiger partial charge on any atom is 0.337 e. The van der Waals surface area contributed by atoms with Gasteiger partial charge in [-0.2, -0.15) is 0 Å². The highest BCUT2D eigenvalue weighted by atomic mass is 16.6. The predicted molar refractivity (Wildman–Crippen MR) is 85.1 cm³/mol. The van der Waals surface area contributed by atoms with Crippen LogP contribution in [0.1, 0.15) is 25.5 Å². The highest BCUT2D eigenvalue weighted by molar-refractivity contribution is 5.95. The maximum atomic E-state index is 12.1. The maximum absolute atomic E-state index is 12.1. The molecular formula is C15H17N3O7. The minimum atomic E-state index is -1.14. The summed E-state index contributed by atoms with van der Waals surface area (Å²) >= 11 is 0. The molecule has 0 spiro atoms. The third-order valence-electron chi connectivity index (χ3n) is 3.60. The molecule has 1 aliphatic heterocycles. The Labute approximate surface area is 142 Å². The second-order valence-corrected chi connectivity index (χ2v) is 5.10. The van der Waals surface area contributed by atoms with Crippen molar-refractivity contribution in [2.24, 2.45) is 0 Å². The van der Waals surface area contributed by atoms with Gasteiger partial charge in [0.2, 0.25) is 5.75 Å². The van der Waals surface area contributed by atoms with E-state index in [-0.39, 0.29) is 29.2 Å². The Morgan fingerprint density at radius 1 is 1.44 bits per heavy atom. The van der Waals surface area contributed by atoms with Gasteiger partial charge in [0.1, 0.15) is 0 Å². The molecule has 0 bridgehead atoms. The highest BCUT2D eigenvalue weighted by Gasteiger charge is 2.38. The summed E-state index contributed by atoms with van der Waals surface area (Å²) in [5.74, 6) is -1.51. The number of hydrogen-bond acceptors (Lipinski definition) is 7. The van der Waals surface area contributed by atoms with E-state index in [1.807, 2.05) is 0 Å². The number of urea groups is 1. The van der Waals surface area contributed by atoms with Gasteiger partial charge in [-0.25, -0.2) is 9.59 Å². The van der Waals surface area contributed by atoms with E-state index >= 15 is 0 Å². The molecule has 0 fully saturated rings. The van der Waals surface area contributed by atoms with Crippen LogP contribution in [0.4, 0.5) is 10.5 Å². The zero-order chi connectivity index (χ0) is 18.7. The average Bonchev–Trinajstić information content (AvgIpc) is 2.55. The number of nitro groups is 1. The molecule has 0 saturated heterocycles. The van der Waals surface area contributed by atoms with Gasteiger partial charge in [0, 0.05) is 5.70 Å². The van der Waals surface area contributed by atoms with Crippen molar-refractivity contribution in [3.05, 3.63) is 39.1 Å². The molecule has 10 nitrogen and oxygen atoms in total. The molecule has 0 aliphatic carbocycles. The number of amides is 2. The van der Waals surface area contributed by atoms with Crippen LogP contribution in [0.3, 0.4) is 0 Å². The van der Waals surface area contributed by atoms with E-state index in [1.54, 1.807) is 6.92 Å². The summed E-state index contributed by atoms with van der Waals surface area (Å²) in [6, 6.07) is 0.686. The van der Waals surface area contributed by atoms with E-state index in [4.69, 9.17) is 9.47 Å². The number of nitrogens with zero attached hydrogens (tertiary/aromatic N) is 1. The van der Waals surface area contributed by atoms with E-state index in [2.05, 4.69) is 10.6 Å². The lowest BCUT2D eigenvalue weighted by Gasteiger charge is -2.27. The third kappa shape index (κ3) is 3.32. The number of carbonyl (C=O) groups is 2. The number of phenolic OH excluding ortho intramolecular Hbond substituents is 1. The van der Waals surface area contributed by atoms with Crippen molar-refractivity contribution in [3.63, 3.8) is 0 Å². The van der Waals surface area contributed by atoms with Gasteiger partial charge in [-0.1, -0.05) is 0 Å². The van der Waals surface area contributed by atoms with Crippen molar-refractivity contribution in [2.45, 2.75) is 19.9 Å². The molecule has 0 aromatic heterocycles. The molecule has 1 aliphatic rings. The lowest BCUT2D eigenvalue weighted by molar-refractivity contribution is -0.386. The van der Waals surface area contributed by atoms with E-state index in [1.165, 1.54) is 19.1 Å². The molecule has 1 heterocycles. The first kappa shape index (κ1) is 18.0. The normalized spacial score (nSPS) is 16.8. The molecule has 0 unspecified atom stereocenters. The van der Waals surface area contributed by atoms with Gasteiger partial charge in [0.15, 0.2) is 5.75 Å². The highest BCUT2D eigenvalue weighted by Crippen LogP contribution is 2.43. The largest absolute Gasteiger partial charge is 0.504 e. The number of nitro benzene ring substituents is 1. The Morgan fingerprint density at radius 3 is 2.68 bits per heavy atom. The molecule has 2 amide bonds. The molecule has 0 radical (unpaired) electrons. The third-order valence-corrected chi connectivity index (χ3v) is 3.60. The van der Waals surface area contributed by atoms with Crippen LogP contribution in [0, 0.1) is 10.1 Å². The number of rotatable bonds is 5. The van der Waals surface area contributed by atoms with Crippen molar-refractivity contribution in [3.8, 4) is 11.5 Å². The Morgan fingerprint density at radius 2 is 2.12 bits per heavy atom. The lowest BCUT2D eigenvalue weighted by Crippen LogP contribution is -2.45. The van der Waals surface area contributed by atoms with Crippen molar-refractivity contribution in [1.29, 1.82) is 0 Å². The number of ether oxygens (including phenoxy) is 2. The summed E-state index contributed by atoms with van der Waals surface area (Å²) in [7, 11) is 1.16. The SMILES string of the molecule is CCOc1c(O)ccc([C@H]2NC(=O)NC(C)=C2C(=O)OC)c1[N+](=O)[O-]. The summed E-state index contributed by atoms with van der Waals surface area (Å²) in [4.78, 5) is 34.8. The Bertz CT molecular complexity index is 773. The van der Waals surface area contributed by atoms with Gasteiger partial charge >= 0.3 is 17.7 Å². The first-order valence-corrected chi connectivity index (χ1v) is 7.31. The van der Waals surface area contributed by atoms with Crippen LogP contribution in [0.2, 0.25) is 0 Å². The zero-order valence-corrected chi connectivity index (χ0v) is 13.8. The first-order chi connectivity index (χ1) is 11.8. The van der Waals surface area contributed by atoms with Crippen LogP contribution in [0.25, 0.3) is 0 Å². The quantitative estimate of drug-likeness (QED) is 0.415. The van der Waals surface area contributed by atoms with E-state index < -0.39 is 34.4 Å². The summed E-state index contributed by atoms with van der Waals surface area (Å²) in [6.07, 6.45) is 0. The molecule has 25 heavy (non-hydrogen) atoms. The van der Waals surface area contributed by atoms with Gasteiger partial charge in [0.05, 0.1) is 35.8 Å². The molecular weight excluding hydrogens is 334 g/mol. The number of nitrogens with one attached hydrogen (secondary N) is 2. The number of benzene rings is 1. The molecule has 3 N–H and O–H groups in total. The van der Waals surface area contributed by atoms with Crippen molar-refractivity contribution in [1.82, 2.24) is 10.6 Å². The topological polar surface area (TPSA) is 140 Å². The van der Waals surface area contributed by atoms with Gasteiger partial charge < -0.3 is 25.2 Å². The molecule has 1 aromatic carbocycles. The van der Waals surface area contributed by atoms with Gasteiger partial charge in [-0.05, 0) is 26.0 Å². The first-order valence-electron chi connectivity index (χ1n) is 7.31. The van der Waals surface area contributed by atoms with Gasteiger partial charge in [-0.3, -0.25) is 10.1 Å². The predicted octanol–water partition coefficient (Wildman–Crippen LogP) is 1.50. The summed E-state index contributed by atoms with van der Waals surface area (Å²) in [6.45, 7) is 3.16. The summed E-state index contributed by atoms with van der Waals surface area (Å²) in [5.41, 5.74) is -0.330. The second-order valence-electron chi connectivity index (χ2n) is 5.10. The fourth-order valence-corrected chi connectivity index (χ4v) is 2.59. The number of methoxy groups -OCH3 is 1. The van der Waals surface area contributed by atoms with Crippen molar-refractivity contribution in [2.75, 3.05) is 13.7 Å². The smallest absolute Gasteiger partial charge is 0.337 e. The fraction of sp³-hybridized carbons (Fsp3) is 0.333. The van der Waals surface area contributed by atoms with Gasteiger partial charge in [0.25, 0.3) is 0 Å². The van der Waals surface area contributed by atoms with Crippen LogP contribution < -0.4 is 15.4 Å². The van der Waals surface area contributed by atoms with E-state index in [0.717, 1.165) is 7.11 Å². The van der Waals surface area contributed by atoms with Crippen molar-refractivity contribution >= 4 is 17.7 Å². The van der Waals surface area contributed by atoms with Crippen molar-refractivity contribution < 1.29 is 29.1 Å². The lowest BCUT2D eigenvalue weighted by atomic mass is 9.93. The minimum absolute atomic E-state index is 0.0124. The summed E-state index contributed by atoms with van der Waals surface area (Å²) in [5, 5.41) is 26.3. The molecule has 10 heteroatoms. The average molecular weight is 351 g/mol. The fourth-order valence-electron chi connectivity index (χ4n) is 2.59. The van der Waals surface area contributed by atoms with E-state index in [9.17, 15) is 24.8 Å². The number of allylic oxidation sites excluding steroid dienone is 1. The Hall–Kier alpha value is -3.30. The number of esters is 1. The standard InChI is InChI=1S/C15H17N3O7/c1-4-25-13-9(19)6-5-8(12(13)18(22)23)11-10(14(20)24-3)7(2)16-15(21)17-11/h5-6,11,19H,4H2,1-3H3,(H2,16,17,21)/t11-/m1/s1.